The zero-order chi connectivity index (χ0) is 15.6. The van der Waals surface area contributed by atoms with E-state index in [4.69, 9.17) is 5.14 Å². The van der Waals surface area contributed by atoms with Crippen LogP contribution in [0.25, 0.3) is 0 Å². The molecule has 0 aliphatic rings. The van der Waals surface area contributed by atoms with E-state index in [1.165, 1.54) is 12.1 Å². The van der Waals surface area contributed by atoms with E-state index < -0.39 is 32.5 Å². The number of benzene rings is 2. The van der Waals surface area contributed by atoms with Crippen LogP contribution in [0.3, 0.4) is 0 Å². The maximum Gasteiger partial charge on any atom is 0.255 e. The van der Waals surface area contributed by atoms with Crippen molar-refractivity contribution in [1.29, 1.82) is 0 Å². The molecule has 1 amide bonds. The molecule has 0 aliphatic heterocycles. The van der Waals surface area contributed by atoms with Crippen LogP contribution >= 0.6 is 0 Å². The SMILES string of the molecule is NS(=O)(=O)c1ccc(NC(=O)c2ccc(F)cc2)c(F)c1. The van der Waals surface area contributed by atoms with Gasteiger partial charge in [0.05, 0.1) is 10.6 Å². The Balaban J connectivity index is 2.24. The number of sulfonamides is 1. The molecule has 0 radical (unpaired) electrons. The van der Waals surface area contributed by atoms with Gasteiger partial charge < -0.3 is 5.32 Å². The third-order valence-electron chi connectivity index (χ3n) is 2.62. The minimum Gasteiger partial charge on any atom is -0.319 e. The van der Waals surface area contributed by atoms with Crippen molar-refractivity contribution in [3.05, 3.63) is 59.7 Å². The van der Waals surface area contributed by atoms with Crippen molar-refractivity contribution in [3.63, 3.8) is 0 Å². The van der Waals surface area contributed by atoms with Crippen molar-refractivity contribution in [1.82, 2.24) is 0 Å². The molecule has 0 bridgehead atoms. The van der Waals surface area contributed by atoms with Crippen LogP contribution in [-0.2, 0) is 10.0 Å². The Hall–Kier alpha value is -2.32. The summed E-state index contributed by atoms with van der Waals surface area (Å²) in [6, 6.07) is 7.51. The number of hydrogen-bond donors (Lipinski definition) is 2. The second-order valence-corrected chi connectivity index (χ2v) is 5.71. The molecule has 110 valence electrons. The summed E-state index contributed by atoms with van der Waals surface area (Å²) >= 11 is 0. The highest BCUT2D eigenvalue weighted by molar-refractivity contribution is 7.89. The quantitative estimate of drug-likeness (QED) is 0.906. The molecule has 0 aromatic heterocycles. The summed E-state index contributed by atoms with van der Waals surface area (Å²) in [6.07, 6.45) is 0. The normalized spacial score (nSPS) is 11.2. The molecule has 0 fully saturated rings. The van der Waals surface area contributed by atoms with Crippen molar-refractivity contribution in [2.24, 2.45) is 5.14 Å². The highest BCUT2D eigenvalue weighted by Gasteiger charge is 2.14. The molecule has 5 nitrogen and oxygen atoms in total. The summed E-state index contributed by atoms with van der Waals surface area (Å²) in [6.45, 7) is 0. The van der Waals surface area contributed by atoms with Crippen LogP contribution in [0.2, 0.25) is 0 Å². The highest BCUT2D eigenvalue weighted by Crippen LogP contribution is 2.19. The molecule has 0 heterocycles. The molecular weight excluding hydrogens is 302 g/mol. The molecule has 3 N–H and O–H groups in total. The number of hydrogen-bond acceptors (Lipinski definition) is 3. The van der Waals surface area contributed by atoms with Gasteiger partial charge in [-0.3, -0.25) is 4.79 Å². The van der Waals surface area contributed by atoms with E-state index in [1.54, 1.807) is 0 Å². The predicted molar refractivity (Wildman–Crippen MR) is 72.1 cm³/mol. The number of nitrogens with one attached hydrogen (secondary N) is 1. The van der Waals surface area contributed by atoms with Gasteiger partial charge in [0, 0.05) is 5.56 Å². The Labute approximate surface area is 119 Å². The molecule has 21 heavy (non-hydrogen) atoms. The Morgan fingerprint density at radius 3 is 2.19 bits per heavy atom. The van der Waals surface area contributed by atoms with Crippen molar-refractivity contribution in [2.75, 3.05) is 5.32 Å². The first kappa shape index (κ1) is 15.1. The summed E-state index contributed by atoms with van der Waals surface area (Å²) < 4.78 is 48.6. The van der Waals surface area contributed by atoms with Crippen LogP contribution in [-0.4, -0.2) is 14.3 Å². The lowest BCUT2D eigenvalue weighted by Gasteiger charge is -2.07. The lowest BCUT2D eigenvalue weighted by molar-refractivity contribution is 0.102. The van der Waals surface area contributed by atoms with E-state index in [0.29, 0.717) is 6.07 Å². The third kappa shape index (κ3) is 3.61. The van der Waals surface area contributed by atoms with Gasteiger partial charge in [0.1, 0.15) is 11.6 Å². The Morgan fingerprint density at radius 1 is 1.05 bits per heavy atom. The van der Waals surface area contributed by atoms with E-state index in [2.05, 4.69) is 5.32 Å². The lowest BCUT2D eigenvalue weighted by Crippen LogP contribution is -2.15. The predicted octanol–water partition coefficient (Wildman–Crippen LogP) is 1.86. The average molecular weight is 312 g/mol. The van der Waals surface area contributed by atoms with Gasteiger partial charge in [-0.2, -0.15) is 0 Å². The van der Waals surface area contributed by atoms with Gasteiger partial charge in [0.25, 0.3) is 5.91 Å². The molecule has 0 atom stereocenters. The van der Waals surface area contributed by atoms with Gasteiger partial charge >= 0.3 is 0 Å². The minimum atomic E-state index is -4.02. The first-order valence-corrected chi connectivity index (χ1v) is 7.21. The first-order valence-electron chi connectivity index (χ1n) is 5.66. The number of halogens is 2. The fraction of sp³-hybridized carbons (Fsp3) is 0. The van der Waals surface area contributed by atoms with E-state index in [-0.39, 0.29) is 11.3 Å². The first-order chi connectivity index (χ1) is 9.77. The Bertz CT molecular complexity index is 790. The number of rotatable bonds is 3. The smallest absolute Gasteiger partial charge is 0.255 e. The van der Waals surface area contributed by atoms with Gasteiger partial charge in [0.15, 0.2) is 0 Å². The van der Waals surface area contributed by atoms with Gasteiger partial charge in [-0.25, -0.2) is 22.3 Å². The molecule has 0 saturated carbocycles. The topological polar surface area (TPSA) is 89.3 Å². The second kappa shape index (κ2) is 5.58. The number of carbonyl (C=O) groups is 1. The van der Waals surface area contributed by atoms with E-state index in [9.17, 15) is 22.0 Å². The maximum absolute atomic E-state index is 13.7. The van der Waals surface area contributed by atoms with Crippen LogP contribution in [0.1, 0.15) is 10.4 Å². The van der Waals surface area contributed by atoms with Gasteiger partial charge in [-0.15, -0.1) is 0 Å². The molecule has 0 aliphatic carbocycles. The average Bonchev–Trinajstić information content (AvgIpc) is 2.40. The number of carbonyl (C=O) groups excluding carboxylic acids is 1. The Morgan fingerprint density at radius 2 is 1.67 bits per heavy atom. The minimum absolute atomic E-state index is 0.131. The van der Waals surface area contributed by atoms with Crippen LogP contribution in [0, 0.1) is 11.6 Å². The molecule has 0 spiro atoms. The standard InChI is InChI=1S/C13H10F2N2O3S/c14-9-3-1-8(2-4-9)13(18)17-12-6-5-10(7-11(12)15)21(16,19)20/h1-7H,(H,17,18)(H2,16,19,20). The van der Waals surface area contributed by atoms with Gasteiger partial charge in [0.2, 0.25) is 10.0 Å². The summed E-state index contributed by atoms with van der Waals surface area (Å²) in [5.41, 5.74) is -0.0805. The molecule has 2 aromatic rings. The summed E-state index contributed by atoms with van der Waals surface area (Å²) in [5.74, 6) is -2.11. The summed E-state index contributed by atoms with van der Waals surface area (Å²) in [5, 5.41) is 7.12. The second-order valence-electron chi connectivity index (χ2n) is 4.15. The molecular formula is C13H10F2N2O3S. The van der Waals surface area contributed by atoms with E-state index >= 15 is 0 Å². The third-order valence-corrected chi connectivity index (χ3v) is 3.53. The number of primary sulfonamides is 1. The summed E-state index contributed by atoms with van der Waals surface area (Å²) in [4.78, 5) is 11.4. The van der Waals surface area contributed by atoms with Crippen LogP contribution < -0.4 is 10.5 Å². The van der Waals surface area contributed by atoms with Crippen molar-refractivity contribution < 1.29 is 22.0 Å². The molecule has 8 heteroatoms. The molecule has 2 aromatic carbocycles. The highest BCUT2D eigenvalue weighted by atomic mass is 32.2. The fourth-order valence-electron chi connectivity index (χ4n) is 1.57. The number of amides is 1. The van der Waals surface area contributed by atoms with E-state index in [1.807, 2.05) is 0 Å². The molecule has 0 saturated heterocycles. The van der Waals surface area contributed by atoms with Crippen LogP contribution in [0.5, 0.6) is 0 Å². The van der Waals surface area contributed by atoms with E-state index in [0.717, 1.165) is 24.3 Å². The van der Waals surface area contributed by atoms with Crippen molar-refractivity contribution in [2.45, 2.75) is 4.90 Å². The molecule has 0 unspecified atom stereocenters. The maximum atomic E-state index is 13.7. The zero-order valence-electron chi connectivity index (χ0n) is 10.5. The van der Waals surface area contributed by atoms with Gasteiger partial charge in [-0.05, 0) is 42.5 Å². The molecule has 2 rings (SSSR count). The summed E-state index contributed by atoms with van der Waals surface area (Å²) in [7, 11) is -4.02. The van der Waals surface area contributed by atoms with Crippen molar-refractivity contribution in [3.8, 4) is 0 Å². The van der Waals surface area contributed by atoms with Gasteiger partial charge in [-0.1, -0.05) is 0 Å². The lowest BCUT2D eigenvalue weighted by atomic mass is 10.2. The van der Waals surface area contributed by atoms with Crippen LogP contribution in [0.4, 0.5) is 14.5 Å². The fourth-order valence-corrected chi connectivity index (χ4v) is 2.10. The zero-order valence-corrected chi connectivity index (χ0v) is 11.3. The van der Waals surface area contributed by atoms with Crippen LogP contribution in [0.15, 0.2) is 47.4 Å². The number of anilines is 1. The largest absolute Gasteiger partial charge is 0.319 e. The Kier molecular flexibility index (Phi) is 4.01. The van der Waals surface area contributed by atoms with Crippen molar-refractivity contribution >= 4 is 21.6 Å². The monoisotopic (exact) mass is 312 g/mol. The number of nitrogens with two attached hydrogens (primary N) is 1.